The number of alkyl halides is 3. The highest BCUT2D eigenvalue weighted by atomic mass is 19.4. The van der Waals surface area contributed by atoms with Crippen molar-refractivity contribution in [2.45, 2.75) is 38.0 Å². The third kappa shape index (κ3) is 3.44. The number of carbonyl (C=O) groups excluding carboxylic acids is 1. The van der Waals surface area contributed by atoms with Gasteiger partial charge in [0, 0.05) is 26.3 Å². The number of aryl methyl sites for hydroxylation is 1. The van der Waals surface area contributed by atoms with Gasteiger partial charge in [0.1, 0.15) is 0 Å². The Hall–Kier alpha value is -1.77. The fraction of sp³-hybridized carbons (Fsp3) is 0.714. The van der Waals surface area contributed by atoms with Crippen LogP contribution in [0.1, 0.15) is 30.7 Å². The van der Waals surface area contributed by atoms with Crippen LogP contribution in [0.5, 0.6) is 0 Å². The maximum absolute atomic E-state index is 12.6. The highest BCUT2D eigenvalue weighted by Crippen LogP contribution is 2.53. The van der Waals surface area contributed by atoms with Crippen molar-refractivity contribution in [1.29, 1.82) is 0 Å². The lowest BCUT2D eigenvalue weighted by Gasteiger charge is -2.22. The van der Waals surface area contributed by atoms with Crippen molar-refractivity contribution in [2.75, 3.05) is 13.2 Å². The van der Waals surface area contributed by atoms with Crippen molar-refractivity contribution in [2.24, 2.45) is 12.5 Å². The number of rotatable bonds is 3. The normalized spacial score (nSPS) is 22.9. The van der Waals surface area contributed by atoms with Crippen LogP contribution in [0.3, 0.4) is 0 Å². The average Bonchev–Trinajstić information content (AvgIpc) is 2.95. The molecule has 1 saturated carbocycles. The van der Waals surface area contributed by atoms with Gasteiger partial charge < -0.3 is 15.4 Å². The van der Waals surface area contributed by atoms with Crippen LogP contribution >= 0.6 is 0 Å². The molecule has 1 aromatic heterocycles. The van der Waals surface area contributed by atoms with Gasteiger partial charge in [-0.15, -0.1) is 0 Å². The highest BCUT2D eigenvalue weighted by Gasteiger charge is 2.55. The average molecular weight is 332 g/mol. The molecule has 2 fully saturated rings. The molecule has 1 aliphatic heterocycles. The van der Waals surface area contributed by atoms with Gasteiger partial charge >= 0.3 is 12.2 Å². The summed E-state index contributed by atoms with van der Waals surface area (Å²) in [6.07, 6.45) is -1.67. The highest BCUT2D eigenvalue weighted by molar-refractivity contribution is 5.74. The Morgan fingerprint density at radius 2 is 2.17 bits per heavy atom. The van der Waals surface area contributed by atoms with Crippen molar-refractivity contribution < 1.29 is 22.7 Å². The van der Waals surface area contributed by atoms with Crippen molar-refractivity contribution in [3.63, 3.8) is 0 Å². The SMILES string of the molecule is Cn1nc(C(F)(F)F)cc1CNC(=O)N[C@H]1CC12CCOCC2. The summed E-state index contributed by atoms with van der Waals surface area (Å²) < 4.78 is 44.2. The second-order valence-corrected chi connectivity index (χ2v) is 6.20. The third-order valence-electron chi connectivity index (χ3n) is 4.68. The van der Waals surface area contributed by atoms with E-state index < -0.39 is 11.9 Å². The molecule has 2 aliphatic rings. The number of urea groups is 1. The maximum atomic E-state index is 12.6. The Balaban J connectivity index is 1.49. The lowest BCUT2D eigenvalue weighted by atomic mass is 9.96. The molecule has 0 unspecified atom stereocenters. The summed E-state index contributed by atoms with van der Waals surface area (Å²) in [6, 6.07) is 0.703. The number of nitrogens with one attached hydrogen (secondary N) is 2. The van der Waals surface area contributed by atoms with Crippen LogP contribution in [0.15, 0.2) is 6.07 Å². The predicted molar refractivity (Wildman–Crippen MR) is 74.5 cm³/mol. The van der Waals surface area contributed by atoms with E-state index in [4.69, 9.17) is 4.74 Å². The van der Waals surface area contributed by atoms with E-state index in [1.165, 1.54) is 7.05 Å². The van der Waals surface area contributed by atoms with Gasteiger partial charge in [-0.3, -0.25) is 4.68 Å². The molecular weight excluding hydrogens is 313 g/mol. The molecule has 2 N–H and O–H groups in total. The molecule has 0 radical (unpaired) electrons. The first-order valence-corrected chi connectivity index (χ1v) is 7.52. The molecule has 1 aromatic rings. The van der Waals surface area contributed by atoms with Gasteiger partial charge in [0.05, 0.1) is 12.2 Å². The van der Waals surface area contributed by atoms with Crippen molar-refractivity contribution in [3.8, 4) is 0 Å². The monoisotopic (exact) mass is 332 g/mol. The molecule has 2 heterocycles. The summed E-state index contributed by atoms with van der Waals surface area (Å²) in [4.78, 5) is 11.9. The van der Waals surface area contributed by atoms with Crippen LogP contribution in [-0.2, 0) is 24.5 Å². The Labute approximate surface area is 131 Å². The minimum absolute atomic E-state index is 0.00571. The van der Waals surface area contributed by atoms with Gasteiger partial charge in [0.15, 0.2) is 5.69 Å². The zero-order chi connectivity index (χ0) is 16.7. The second-order valence-electron chi connectivity index (χ2n) is 6.20. The van der Waals surface area contributed by atoms with E-state index in [1.54, 1.807) is 0 Å². The van der Waals surface area contributed by atoms with Gasteiger partial charge in [-0.1, -0.05) is 0 Å². The molecule has 1 aliphatic carbocycles. The first kappa shape index (κ1) is 16.1. The Kier molecular flexibility index (Phi) is 3.99. The quantitative estimate of drug-likeness (QED) is 0.887. The van der Waals surface area contributed by atoms with Crippen LogP contribution in [0, 0.1) is 5.41 Å². The largest absolute Gasteiger partial charge is 0.435 e. The summed E-state index contributed by atoms with van der Waals surface area (Å²) in [7, 11) is 1.42. The van der Waals surface area contributed by atoms with Gasteiger partial charge in [-0.05, 0) is 30.7 Å². The molecule has 6 nitrogen and oxygen atoms in total. The molecule has 9 heteroatoms. The Morgan fingerprint density at radius 1 is 1.48 bits per heavy atom. The van der Waals surface area contributed by atoms with Crippen molar-refractivity contribution in [1.82, 2.24) is 20.4 Å². The number of aromatic nitrogens is 2. The minimum Gasteiger partial charge on any atom is -0.381 e. The number of ether oxygens (including phenoxy) is 1. The molecule has 23 heavy (non-hydrogen) atoms. The van der Waals surface area contributed by atoms with Crippen molar-refractivity contribution in [3.05, 3.63) is 17.5 Å². The topological polar surface area (TPSA) is 68.2 Å². The summed E-state index contributed by atoms with van der Waals surface area (Å²) in [5.74, 6) is 0. The van der Waals surface area contributed by atoms with E-state index in [2.05, 4.69) is 15.7 Å². The number of nitrogens with zero attached hydrogens (tertiary/aromatic N) is 2. The van der Waals surface area contributed by atoms with E-state index in [-0.39, 0.29) is 24.0 Å². The number of carbonyl (C=O) groups is 1. The zero-order valence-corrected chi connectivity index (χ0v) is 12.7. The summed E-state index contributed by atoms with van der Waals surface area (Å²) in [5.41, 5.74) is -0.504. The first-order valence-electron chi connectivity index (χ1n) is 7.52. The molecule has 1 spiro atoms. The molecular formula is C14H19F3N4O2. The number of halogens is 3. The smallest absolute Gasteiger partial charge is 0.381 e. The molecule has 3 rings (SSSR count). The molecule has 0 bridgehead atoms. The van der Waals surface area contributed by atoms with Crippen LogP contribution < -0.4 is 10.6 Å². The standard InChI is InChI=1S/C14H19F3N4O2/c1-21-9(6-10(20-21)14(15,16)17)8-18-12(22)19-11-7-13(11)2-4-23-5-3-13/h6,11H,2-5,7-8H2,1H3,(H2,18,19,22)/t11-/m0/s1. The van der Waals surface area contributed by atoms with Gasteiger partial charge in [0.2, 0.25) is 0 Å². The van der Waals surface area contributed by atoms with Gasteiger partial charge in [0.25, 0.3) is 0 Å². The third-order valence-corrected chi connectivity index (χ3v) is 4.68. The van der Waals surface area contributed by atoms with Crippen LogP contribution in [0.25, 0.3) is 0 Å². The molecule has 1 saturated heterocycles. The molecule has 0 aromatic carbocycles. The van der Waals surface area contributed by atoms with E-state index in [9.17, 15) is 18.0 Å². The van der Waals surface area contributed by atoms with E-state index in [0.717, 1.165) is 43.2 Å². The molecule has 2 amide bonds. The number of hydrogen-bond donors (Lipinski definition) is 2. The van der Waals surface area contributed by atoms with Crippen molar-refractivity contribution >= 4 is 6.03 Å². The Bertz CT molecular complexity index is 593. The minimum atomic E-state index is -4.48. The molecule has 1 atom stereocenters. The summed E-state index contributed by atoms with van der Waals surface area (Å²) in [6.45, 7) is 1.43. The fourth-order valence-electron chi connectivity index (χ4n) is 3.07. The van der Waals surface area contributed by atoms with Crippen LogP contribution in [0.2, 0.25) is 0 Å². The molecule has 128 valence electrons. The summed E-state index contributed by atoms with van der Waals surface area (Å²) >= 11 is 0. The van der Waals surface area contributed by atoms with Crippen LogP contribution in [0.4, 0.5) is 18.0 Å². The maximum Gasteiger partial charge on any atom is 0.435 e. The van der Waals surface area contributed by atoms with E-state index in [0.29, 0.717) is 5.69 Å². The Morgan fingerprint density at radius 3 is 2.78 bits per heavy atom. The first-order chi connectivity index (χ1) is 10.8. The second kappa shape index (κ2) is 5.70. The van der Waals surface area contributed by atoms with Gasteiger partial charge in [-0.2, -0.15) is 18.3 Å². The summed E-state index contributed by atoms with van der Waals surface area (Å²) in [5, 5.41) is 8.88. The van der Waals surface area contributed by atoms with Crippen LogP contribution in [-0.4, -0.2) is 35.1 Å². The lowest BCUT2D eigenvalue weighted by Crippen LogP contribution is -2.39. The predicted octanol–water partition coefficient (Wildman–Crippen LogP) is 1.81. The lowest BCUT2D eigenvalue weighted by molar-refractivity contribution is -0.141. The zero-order valence-electron chi connectivity index (χ0n) is 12.7. The van der Waals surface area contributed by atoms with E-state index >= 15 is 0 Å². The van der Waals surface area contributed by atoms with Gasteiger partial charge in [-0.25, -0.2) is 4.79 Å². The fourth-order valence-corrected chi connectivity index (χ4v) is 3.07. The number of hydrogen-bond acceptors (Lipinski definition) is 3. The van der Waals surface area contributed by atoms with E-state index in [1.807, 2.05) is 0 Å². The number of amides is 2.